The summed E-state index contributed by atoms with van der Waals surface area (Å²) in [6, 6.07) is 3.07. The van der Waals surface area contributed by atoms with Crippen LogP contribution < -0.4 is 5.32 Å². The van der Waals surface area contributed by atoms with Gasteiger partial charge in [-0.3, -0.25) is 0 Å². The molecule has 1 saturated carbocycles. The molecule has 0 spiro atoms. The zero-order valence-corrected chi connectivity index (χ0v) is 13.3. The fraction of sp³-hybridized carbons (Fsp3) is 0.765. The summed E-state index contributed by atoms with van der Waals surface area (Å²) in [6.07, 6.45) is 9.58. The summed E-state index contributed by atoms with van der Waals surface area (Å²) < 4.78 is 0. The minimum atomic E-state index is 0.757. The third kappa shape index (κ3) is 4.61. The van der Waals surface area contributed by atoms with Crippen molar-refractivity contribution in [3.8, 4) is 0 Å². The number of nitrogens with one attached hydrogen (secondary N) is 1. The van der Waals surface area contributed by atoms with Crippen LogP contribution in [0.4, 0.5) is 0 Å². The molecule has 1 aromatic rings. The molecular formula is C17H29NS. The smallest absolute Gasteiger partial charge is 0.00987 e. The molecule has 1 heterocycles. The maximum Gasteiger partial charge on any atom is 0.00987 e. The van der Waals surface area contributed by atoms with Gasteiger partial charge in [0.15, 0.2) is 0 Å². The van der Waals surface area contributed by atoms with E-state index in [1.807, 2.05) is 11.3 Å². The van der Waals surface area contributed by atoms with Gasteiger partial charge in [0.05, 0.1) is 0 Å². The molecule has 0 aromatic carbocycles. The molecule has 3 atom stereocenters. The highest BCUT2D eigenvalue weighted by atomic mass is 32.1. The highest BCUT2D eigenvalue weighted by Crippen LogP contribution is 2.34. The first kappa shape index (κ1) is 15.1. The molecule has 1 nitrogen and oxygen atoms in total. The largest absolute Gasteiger partial charge is 0.314 e. The molecule has 1 aliphatic rings. The number of rotatable bonds is 7. The van der Waals surface area contributed by atoms with Gasteiger partial charge < -0.3 is 5.32 Å². The van der Waals surface area contributed by atoms with Crippen LogP contribution in [0.2, 0.25) is 0 Å². The van der Waals surface area contributed by atoms with Crippen LogP contribution in [0.3, 0.4) is 0 Å². The second kappa shape index (κ2) is 8.06. The summed E-state index contributed by atoms with van der Waals surface area (Å²) in [5.74, 6) is 1.83. The van der Waals surface area contributed by atoms with Crippen molar-refractivity contribution in [3.63, 3.8) is 0 Å². The maximum atomic E-state index is 3.80. The highest BCUT2D eigenvalue weighted by Gasteiger charge is 2.29. The quantitative estimate of drug-likeness (QED) is 0.750. The minimum Gasteiger partial charge on any atom is -0.314 e. The average molecular weight is 279 g/mol. The molecule has 1 aromatic heterocycles. The Morgan fingerprint density at radius 3 is 2.84 bits per heavy atom. The molecule has 108 valence electrons. The van der Waals surface area contributed by atoms with Crippen LogP contribution in [0.1, 0.15) is 57.9 Å². The van der Waals surface area contributed by atoms with E-state index in [0.29, 0.717) is 0 Å². The highest BCUT2D eigenvalue weighted by molar-refractivity contribution is 7.07. The van der Waals surface area contributed by atoms with Crippen LogP contribution >= 0.6 is 11.3 Å². The lowest BCUT2D eigenvalue weighted by Gasteiger charge is -2.37. The van der Waals surface area contributed by atoms with Crippen molar-refractivity contribution >= 4 is 11.3 Å². The maximum absolute atomic E-state index is 3.80. The van der Waals surface area contributed by atoms with E-state index in [0.717, 1.165) is 17.9 Å². The van der Waals surface area contributed by atoms with Crippen molar-refractivity contribution in [2.75, 3.05) is 6.54 Å². The van der Waals surface area contributed by atoms with E-state index in [1.54, 1.807) is 5.56 Å². The zero-order chi connectivity index (χ0) is 13.5. The van der Waals surface area contributed by atoms with Gasteiger partial charge in [0.25, 0.3) is 0 Å². The van der Waals surface area contributed by atoms with Gasteiger partial charge in [-0.15, -0.1) is 0 Å². The monoisotopic (exact) mass is 279 g/mol. The van der Waals surface area contributed by atoms with Crippen molar-refractivity contribution < 1.29 is 0 Å². The predicted octanol–water partition coefficient (Wildman–Crippen LogP) is 4.88. The van der Waals surface area contributed by atoms with Gasteiger partial charge >= 0.3 is 0 Å². The number of thiophene rings is 1. The zero-order valence-electron chi connectivity index (χ0n) is 12.5. The molecule has 1 aliphatic carbocycles. The summed E-state index contributed by atoms with van der Waals surface area (Å²) in [5, 5.41) is 8.35. The van der Waals surface area contributed by atoms with Crippen LogP contribution in [0, 0.1) is 11.8 Å². The van der Waals surface area contributed by atoms with Gasteiger partial charge in [0.1, 0.15) is 0 Å². The number of hydrogen-bond donors (Lipinski definition) is 1. The predicted molar refractivity (Wildman–Crippen MR) is 85.8 cm³/mol. The van der Waals surface area contributed by atoms with Gasteiger partial charge in [-0.2, -0.15) is 11.3 Å². The topological polar surface area (TPSA) is 12.0 Å². The van der Waals surface area contributed by atoms with Crippen molar-refractivity contribution in [2.24, 2.45) is 11.8 Å². The van der Waals surface area contributed by atoms with Crippen LogP contribution in [0.25, 0.3) is 0 Å². The lowest BCUT2D eigenvalue weighted by atomic mass is 9.74. The van der Waals surface area contributed by atoms with Gasteiger partial charge in [-0.05, 0) is 72.9 Å². The Bertz CT molecular complexity index is 333. The summed E-state index contributed by atoms with van der Waals surface area (Å²) >= 11 is 1.84. The second-order valence-electron chi connectivity index (χ2n) is 6.12. The van der Waals surface area contributed by atoms with Crippen LogP contribution in [0.15, 0.2) is 16.8 Å². The Labute approximate surface area is 122 Å². The summed E-state index contributed by atoms with van der Waals surface area (Å²) in [6.45, 7) is 5.78. The Morgan fingerprint density at radius 1 is 1.26 bits per heavy atom. The van der Waals surface area contributed by atoms with E-state index < -0.39 is 0 Å². The Morgan fingerprint density at radius 2 is 2.16 bits per heavy atom. The second-order valence-corrected chi connectivity index (χ2v) is 6.90. The standard InChI is InChI=1S/C17H29NS/c1-3-5-14-6-7-17(18-9-4-2)16(11-14)12-15-8-10-19-13-15/h8,10,13-14,16-18H,3-7,9,11-12H2,1-2H3. The molecule has 0 saturated heterocycles. The SMILES string of the molecule is CCCNC1CCC(CCC)CC1Cc1ccsc1. The van der Waals surface area contributed by atoms with Crippen LogP contribution in [0.5, 0.6) is 0 Å². The summed E-state index contributed by atoms with van der Waals surface area (Å²) in [4.78, 5) is 0. The Kier molecular flexibility index (Phi) is 6.39. The lowest BCUT2D eigenvalue weighted by molar-refractivity contribution is 0.194. The minimum absolute atomic E-state index is 0.757. The van der Waals surface area contributed by atoms with Crippen molar-refractivity contribution in [1.82, 2.24) is 5.32 Å². The molecule has 19 heavy (non-hydrogen) atoms. The molecule has 0 amide bonds. The number of hydrogen-bond acceptors (Lipinski definition) is 2. The van der Waals surface area contributed by atoms with Gasteiger partial charge in [-0.25, -0.2) is 0 Å². The normalized spacial score (nSPS) is 27.6. The van der Waals surface area contributed by atoms with E-state index in [2.05, 4.69) is 36.0 Å². The summed E-state index contributed by atoms with van der Waals surface area (Å²) in [5.41, 5.74) is 1.55. The van der Waals surface area contributed by atoms with E-state index >= 15 is 0 Å². The molecule has 2 rings (SSSR count). The molecule has 0 aliphatic heterocycles. The lowest BCUT2D eigenvalue weighted by Crippen LogP contribution is -2.42. The Balaban J connectivity index is 1.93. The molecule has 0 radical (unpaired) electrons. The van der Waals surface area contributed by atoms with Gasteiger partial charge in [-0.1, -0.05) is 26.7 Å². The molecule has 3 unspecified atom stereocenters. The third-order valence-electron chi connectivity index (χ3n) is 4.52. The first-order valence-corrected chi connectivity index (χ1v) is 9.02. The Hall–Kier alpha value is -0.340. The van der Waals surface area contributed by atoms with Crippen LogP contribution in [-0.2, 0) is 6.42 Å². The fourth-order valence-corrected chi connectivity index (χ4v) is 4.25. The molecular weight excluding hydrogens is 250 g/mol. The van der Waals surface area contributed by atoms with Crippen molar-refractivity contribution in [3.05, 3.63) is 22.4 Å². The van der Waals surface area contributed by atoms with Crippen molar-refractivity contribution in [2.45, 2.75) is 64.8 Å². The molecule has 1 N–H and O–H groups in total. The van der Waals surface area contributed by atoms with Gasteiger partial charge in [0, 0.05) is 6.04 Å². The van der Waals surface area contributed by atoms with E-state index in [1.165, 1.54) is 51.5 Å². The third-order valence-corrected chi connectivity index (χ3v) is 5.25. The van der Waals surface area contributed by atoms with Crippen molar-refractivity contribution in [1.29, 1.82) is 0 Å². The first-order chi connectivity index (χ1) is 9.33. The average Bonchev–Trinajstić information content (AvgIpc) is 2.91. The van der Waals surface area contributed by atoms with E-state index in [-0.39, 0.29) is 0 Å². The molecule has 0 bridgehead atoms. The van der Waals surface area contributed by atoms with E-state index in [9.17, 15) is 0 Å². The fourth-order valence-electron chi connectivity index (χ4n) is 3.57. The molecule has 1 fully saturated rings. The van der Waals surface area contributed by atoms with E-state index in [4.69, 9.17) is 0 Å². The van der Waals surface area contributed by atoms with Crippen LogP contribution in [-0.4, -0.2) is 12.6 Å². The first-order valence-electron chi connectivity index (χ1n) is 8.07. The van der Waals surface area contributed by atoms with Gasteiger partial charge in [0.2, 0.25) is 0 Å². The summed E-state index contributed by atoms with van der Waals surface area (Å²) in [7, 11) is 0. The molecule has 2 heteroatoms.